The Labute approximate surface area is 193 Å². The predicted molar refractivity (Wildman–Crippen MR) is 122 cm³/mol. The number of nitrogens with zero attached hydrogens (tertiary/aromatic N) is 4. The van der Waals surface area contributed by atoms with E-state index in [2.05, 4.69) is 10.00 Å². The summed E-state index contributed by atoms with van der Waals surface area (Å²) < 4.78 is 6.54. The Kier molecular flexibility index (Phi) is 6.43. The molecule has 1 saturated heterocycles. The first-order valence-corrected chi connectivity index (χ1v) is 11.6. The van der Waals surface area contributed by atoms with E-state index in [1.807, 2.05) is 20.8 Å². The monoisotopic (exact) mass is 456 g/mol. The van der Waals surface area contributed by atoms with Crippen molar-refractivity contribution in [3.63, 3.8) is 0 Å². The lowest BCUT2D eigenvalue weighted by Gasteiger charge is -2.43. The van der Waals surface area contributed by atoms with Gasteiger partial charge < -0.3 is 14.7 Å². The standard InChI is InChI=1S/C24H32N4O5/c1-24(2,3)33-22(30)17-9-5-6-10-18(17)26-12-14-27(15-13-26)21(29)20-16-8-4-7-11-19(16)28(25-20)23(31)32/h4,7-8,11,17-18H,5-6,9-10,12-15H2,1-3H3,(H,31,32)/t17-,18-/m1/s1. The molecule has 9 nitrogen and oxygen atoms in total. The fraction of sp³-hybridized carbons (Fsp3) is 0.583. The minimum atomic E-state index is -1.22. The third kappa shape index (κ3) is 4.88. The number of aromatic nitrogens is 2. The number of carbonyl (C=O) groups is 3. The molecule has 0 radical (unpaired) electrons. The van der Waals surface area contributed by atoms with E-state index in [0.717, 1.165) is 30.4 Å². The number of esters is 1. The number of hydrogen-bond donors (Lipinski definition) is 1. The average molecular weight is 457 g/mol. The topological polar surface area (TPSA) is 105 Å². The van der Waals surface area contributed by atoms with Gasteiger partial charge in [0.05, 0.1) is 11.4 Å². The number of amides is 1. The van der Waals surface area contributed by atoms with Crippen LogP contribution in [0, 0.1) is 5.92 Å². The summed E-state index contributed by atoms with van der Waals surface area (Å²) in [5.41, 5.74) is 0.0481. The highest BCUT2D eigenvalue weighted by Gasteiger charge is 2.39. The molecule has 1 N–H and O–H groups in total. The second-order valence-corrected chi connectivity index (χ2v) is 9.88. The summed E-state index contributed by atoms with van der Waals surface area (Å²) in [5, 5.41) is 14.1. The summed E-state index contributed by atoms with van der Waals surface area (Å²) in [6, 6.07) is 6.98. The van der Waals surface area contributed by atoms with E-state index in [1.165, 1.54) is 0 Å². The summed E-state index contributed by atoms with van der Waals surface area (Å²) >= 11 is 0. The number of piperazine rings is 1. The SMILES string of the molecule is CC(C)(C)OC(=O)[C@@H]1CCCC[C@H]1N1CCN(C(=O)c2nn(C(=O)O)c3ccccc23)CC1. The Morgan fingerprint density at radius 2 is 1.70 bits per heavy atom. The zero-order chi connectivity index (χ0) is 23.8. The van der Waals surface area contributed by atoms with Gasteiger partial charge in [0, 0.05) is 37.6 Å². The molecule has 33 heavy (non-hydrogen) atoms. The molecule has 2 aliphatic rings. The van der Waals surface area contributed by atoms with Crippen LogP contribution in [0.5, 0.6) is 0 Å². The highest BCUT2D eigenvalue weighted by molar-refractivity contribution is 6.06. The Morgan fingerprint density at radius 1 is 1.03 bits per heavy atom. The van der Waals surface area contributed by atoms with Crippen LogP contribution >= 0.6 is 0 Å². The van der Waals surface area contributed by atoms with Crippen molar-refractivity contribution < 1.29 is 24.2 Å². The number of rotatable bonds is 3. The highest BCUT2D eigenvalue weighted by atomic mass is 16.6. The Hall–Kier alpha value is -2.94. The third-order valence-corrected chi connectivity index (χ3v) is 6.48. The van der Waals surface area contributed by atoms with Crippen LogP contribution in [-0.2, 0) is 9.53 Å². The van der Waals surface area contributed by atoms with Crippen molar-refractivity contribution in [1.82, 2.24) is 19.6 Å². The number of hydrogen-bond acceptors (Lipinski definition) is 6. The molecule has 0 bridgehead atoms. The molecule has 1 aliphatic heterocycles. The molecule has 2 fully saturated rings. The van der Waals surface area contributed by atoms with E-state index in [9.17, 15) is 19.5 Å². The lowest BCUT2D eigenvalue weighted by atomic mass is 9.83. The summed E-state index contributed by atoms with van der Waals surface area (Å²) in [6.07, 6.45) is 2.67. The Balaban J connectivity index is 1.45. The van der Waals surface area contributed by atoms with E-state index < -0.39 is 11.7 Å². The minimum Gasteiger partial charge on any atom is -0.463 e. The van der Waals surface area contributed by atoms with Gasteiger partial charge >= 0.3 is 12.1 Å². The van der Waals surface area contributed by atoms with Crippen molar-refractivity contribution in [3.05, 3.63) is 30.0 Å². The van der Waals surface area contributed by atoms with Gasteiger partial charge in [0.2, 0.25) is 0 Å². The van der Waals surface area contributed by atoms with Crippen LogP contribution in [0.2, 0.25) is 0 Å². The van der Waals surface area contributed by atoms with Crippen molar-refractivity contribution in [1.29, 1.82) is 0 Å². The first-order chi connectivity index (χ1) is 15.7. The van der Waals surface area contributed by atoms with Crippen molar-refractivity contribution in [2.75, 3.05) is 26.2 Å². The molecular weight excluding hydrogens is 424 g/mol. The normalized spacial score (nSPS) is 22.3. The maximum absolute atomic E-state index is 13.2. The average Bonchev–Trinajstić information content (AvgIpc) is 3.18. The molecule has 0 unspecified atom stereocenters. The molecule has 9 heteroatoms. The number of benzene rings is 1. The molecule has 2 atom stereocenters. The van der Waals surface area contributed by atoms with E-state index >= 15 is 0 Å². The molecule has 178 valence electrons. The maximum atomic E-state index is 13.2. The second-order valence-electron chi connectivity index (χ2n) is 9.88. The molecule has 2 aromatic rings. The van der Waals surface area contributed by atoms with Crippen LogP contribution in [-0.4, -0.2) is 80.5 Å². The first kappa shape index (κ1) is 23.2. The molecule has 1 amide bonds. The number of ether oxygens (including phenoxy) is 1. The van der Waals surface area contributed by atoms with Crippen LogP contribution in [0.25, 0.3) is 10.9 Å². The van der Waals surface area contributed by atoms with Crippen LogP contribution in [0.15, 0.2) is 24.3 Å². The fourth-order valence-corrected chi connectivity index (χ4v) is 4.98. The van der Waals surface area contributed by atoms with Crippen LogP contribution in [0.4, 0.5) is 4.79 Å². The Morgan fingerprint density at radius 3 is 2.36 bits per heavy atom. The first-order valence-electron chi connectivity index (χ1n) is 11.6. The van der Waals surface area contributed by atoms with Crippen molar-refractivity contribution in [2.24, 2.45) is 5.92 Å². The van der Waals surface area contributed by atoms with Crippen molar-refractivity contribution in [2.45, 2.75) is 58.1 Å². The number of para-hydroxylation sites is 1. The summed E-state index contributed by atoms with van der Waals surface area (Å²) in [7, 11) is 0. The van der Waals surface area contributed by atoms with Crippen LogP contribution < -0.4 is 0 Å². The van der Waals surface area contributed by atoms with Gasteiger partial charge in [0.15, 0.2) is 5.69 Å². The lowest BCUT2D eigenvalue weighted by Crippen LogP contribution is -2.55. The molecule has 1 aliphatic carbocycles. The van der Waals surface area contributed by atoms with E-state index in [1.54, 1.807) is 29.2 Å². The molecule has 2 heterocycles. The van der Waals surface area contributed by atoms with Gasteiger partial charge in [-0.1, -0.05) is 31.0 Å². The number of carboxylic acid groups (broad SMARTS) is 1. The van der Waals surface area contributed by atoms with Gasteiger partial charge in [-0.3, -0.25) is 14.5 Å². The van der Waals surface area contributed by atoms with Crippen molar-refractivity contribution in [3.8, 4) is 0 Å². The minimum absolute atomic E-state index is 0.123. The summed E-state index contributed by atoms with van der Waals surface area (Å²) in [4.78, 5) is 41.6. The largest absolute Gasteiger partial charge is 0.463 e. The number of carbonyl (C=O) groups excluding carboxylic acids is 2. The summed E-state index contributed by atoms with van der Waals surface area (Å²) in [5.74, 6) is -0.537. The molecule has 1 aromatic heterocycles. The van der Waals surface area contributed by atoms with Gasteiger partial charge in [-0.2, -0.15) is 9.78 Å². The zero-order valence-corrected chi connectivity index (χ0v) is 19.5. The van der Waals surface area contributed by atoms with Crippen molar-refractivity contribution >= 4 is 28.9 Å². The van der Waals surface area contributed by atoms with Gasteiger partial charge in [0.1, 0.15) is 5.60 Å². The zero-order valence-electron chi connectivity index (χ0n) is 19.5. The quantitative estimate of drug-likeness (QED) is 0.707. The molecule has 0 spiro atoms. The third-order valence-electron chi connectivity index (χ3n) is 6.48. The molecule has 4 rings (SSSR count). The van der Waals surface area contributed by atoms with Crippen LogP contribution in [0.1, 0.15) is 56.9 Å². The Bertz CT molecular complexity index is 1050. The maximum Gasteiger partial charge on any atom is 0.432 e. The lowest BCUT2D eigenvalue weighted by molar-refractivity contribution is -0.164. The highest BCUT2D eigenvalue weighted by Crippen LogP contribution is 2.31. The number of fused-ring (bicyclic) bond motifs is 1. The molecule has 1 aromatic carbocycles. The van der Waals surface area contributed by atoms with Gasteiger partial charge in [-0.05, 0) is 39.7 Å². The smallest absolute Gasteiger partial charge is 0.432 e. The van der Waals surface area contributed by atoms with E-state index in [4.69, 9.17) is 4.74 Å². The van der Waals surface area contributed by atoms with Gasteiger partial charge in [0.25, 0.3) is 5.91 Å². The van der Waals surface area contributed by atoms with E-state index in [-0.39, 0.29) is 29.5 Å². The predicted octanol–water partition coefficient (Wildman–Crippen LogP) is 3.22. The molecule has 1 saturated carbocycles. The van der Waals surface area contributed by atoms with Crippen LogP contribution in [0.3, 0.4) is 0 Å². The van der Waals surface area contributed by atoms with E-state index in [0.29, 0.717) is 37.1 Å². The second kappa shape index (κ2) is 9.13. The fourth-order valence-electron chi connectivity index (χ4n) is 4.98. The summed E-state index contributed by atoms with van der Waals surface area (Å²) in [6.45, 7) is 8.00. The van der Waals surface area contributed by atoms with Gasteiger partial charge in [-0.25, -0.2) is 4.79 Å². The molecular formula is C24H32N4O5. The van der Waals surface area contributed by atoms with Gasteiger partial charge in [-0.15, -0.1) is 0 Å².